The van der Waals surface area contributed by atoms with E-state index in [4.69, 9.17) is 10.9 Å². The van der Waals surface area contributed by atoms with Crippen molar-refractivity contribution in [3.8, 4) is 0 Å². The van der Waals surface area contributed by atoms with Crippen LogP contribution in [0.4, 0.5) is 15.0 Å². The quantitative estimate of drug-likeness (QED) is 0.630. The Balaban J connectivity index is 1.83. The van der Waals surface area contributed by atoms with E-state index < -0.39 is 23.2 Å². The average molecular weight is 364 g/mol. The van der Waals surface area contributed by atoms with Gasteiger partial charge in [-0.05, 0) is 25.3 Å². The Morgan fingerprint density at radius 3 is 2.73 bits per heavy atom. The predicted molar refractivity (Wildman–Crippen MR) is 90.4 cm³/mol. The first kappa shape index (κ1) is 16.4. The second-order valence-corrected chi connectivity index (χ2v) is 6.60. The highest BCUT2D eigenvalue weighted by molar-refractivity contribution is 5.77. The molecule has 0 bridgehead atoms. The summed E-state index contributed by atoms with van der Waals surface area (Å²) in [7, 11) is 0. The van der Waals surface area contributed by atoms with Crippen LogP contribution < -0.4 is 27.3 Å². The highest BCUT2D eigenvalue weighted by atomic mass is 19.1. The first-order chi connectivity index (χ1) is 12.4. The predicted octanol–water partition coefficient (Wildman–Crippen LogP) is -0.408. The van der Waals surface area contributed by atoms with E-state index in [-0.39, 0.29) is 35.5 Å². The fourth-order valence-electron chi connectivity index (χ4n) is 3.36. The fraction of sp³-hybridized carbons (Fsp3) is 0.467. The summed E-state index contributed by atoms with van der Waals surface area (Å²) in [6.45, 7) is 0.658. The summed E-state index contributed by atoms with van der Waals surface area (Å²) in [6.07, 6.45) is 0.881. The van der Waals surface area contributed by atoms with Gasteiger partial charge in [-0.15, -0.1) is 0 Å². The molecule has 1 amide bonds. The van der Waals surface area contributed by atoms with Gasteiger partial charge in [0.25, 0.3) is 5.56 Å². The lowest BCUT2D eigenvalue weighted by molar-refractivity contribution is 0.191. The molecule has 2 aliphatic rings. The van der Waals surface area contributed by atoms with Crippen LogP contribution in [0, 0.1) is 5.82 Å². The Kier molecular flexibility index (Phi) is 3.60. The number of amides is 1. The first-order valence-corrected chi connectivity index (χ1v) is 8.24. The van der Waals surface area contributed by atoms with Crippen LogP contribution in [0.2, 0.25) is 0 Å². The van der Waals surface area contributed by atoms with E-state index in [1.165, 1.54) is 4.57 Å². The molecule has 1 aliphatic heterocycles. The molecule has 0 spiro atoms. The van der Waals surface area contributed by atoms with E-state index in [0.717, 1.165) is 18.9 Å². The molecule has 3 heterocycles. The Hall–Kier alpha value is -3.11. The van der Waals surface area contributed by atoms with Gasteiger partial charge in [-0.1, -0.05) is 0 Å². The monoisotopic (exact) mass is 364 g/mol. The number of nitrogens with zero attached hydrogens (tertiary/aromatic N) is 4. The van der Waals surface area contributed by atoms with Crippen LogP contribution in [0.25, 0.3) is 11.0 Å². The number of rotatable bonds is 3. The third-order valence-electron chi connectivity index (χ3n) is 4.75. The van der Waals surface area contributed by atoms with Gasteiger partial charge in [-0.3, -0.25) is 9.36 Å². The van der Waals surface area contributed by atoms with E-state index in [0.29, 0.717) is 17.6 Å². The van der Waals surface area contributed by atoms with Crippen LogP contribution in [0.3, 0.4) is 0 Å². The zero-order chi connectivity index (χ0) is 18.6. The fourth-order valence-corrected chi connectivity index (χ4v) is 3.36. The molecular weight excluding hydrogens is 347 g/mol. The summed E-state index contributed by atoms with van der Waals surface area (Å²) >= 11 is 0. The van der Waals surface area contributed by atoms with Gasteiger partial charge < -0.3 is 21.2 Å². The molecule has 26 heavy (non-hydrogen) atoms. The van der Waals surface area contributed by atoms with Crippen LogP contribution >= 0.6 is 0 Å². The van der Waals surface area contributed by atoms with Gasteiger partial charge in [0.15, 0.2) is 17.3 Å². The normalized spacial score (nSPS) is 19.9. The van der Waals surface area contributed by atoms with Crippen LogP contribution in [0.1, 0.15) is 25.3 Å². The molecule has 4 N–H and O–H groups in total. The number of nitrogens with two attached hydrogens (primary N) is 1. The van der Waals surface area contributed by atoms with Crippen molar-refractivity contribution < 1.29 is 14.3 Å². The second-order valence-electron chi connectivity index (χ2n) is 6.60. The number of nitrogen functional groups attached to an aromatic ring is 1. The minimum absolute atomic E-state index is 0.00448. The Labute approximate surface area is 145 Å². The van der Waals surface area contributed by atoms with E-state index >= 15 is 0 Å². The summed E-state index contributed by atoms with van der Waals surface area (Å²) in [6, 6.07) is 0.595. The number of nitrogens with one attached hydrogen (secondary N) is 1. The maximum Gasteiger partial charge on any atom is 0.404 e. The van der Waals surface area contributed by atoms with Crippen LogP contribution in [0.5, 0.6) is 0 Å². The number of pyridine rings is 1. The van der Waals surface area contributed by atoms with Crippen molar-refractivity contribution in [2.75, 3.05) is 23.8 Å². The summed E-state index contributed by atoms with van der Waals surface area (Å²) in [5.74, 6) is 4.81. The van der Waals surface area contributed by atoms with E-state index in [1.807, 2.05) is 0 Å². The van der Waals surface area contributed by atoms with Crippen molar-refractivity contribution in [3.05, 3.63) is 32.7 Å². The third-order valence-corrected chi connectivity index (χ3v) is 4.75. The van der Waals surface area contributed by atoms with Gasteiger partial charge in [0.05, 0.1) is 11.4 Å². The van der Waals surface area contributed by atoms with Gasteiger partial charge in [0.2, 0.25) is 0 Å². The Bertz CT molecular complexity index is 1030. The van der Waals surface area contributed by atoms with Crippen LogP contribution in [-0.2, 0) is 0 Å². The van der Waals surface area contributed by atoms with Crippen molar-refractivity contribution in [1.29, 1.82) is 0 Å². The molecule has 1 saturated carbocycles. The molecule has 2 fully saturated rings. The molecule has 0 radical (unpaired) electrons. The van der Waals surface area contributed by atoms with E-state index in [2.05, 4.69) is 10.3 Å². The molecule has 4 rings (SSSR count). The molecular formula is C15H17FN6O4. The topological polar surface area (TPSA) is 135 Å². The standard InChI is InChI=1S/C15H17FN6O4/c16-10-5-9-11(21(8-1-2-8)15(26)22(17)13(9)23)19-12(10)20-4-3-7(6-20)18-14(24)25/h5,7-8,18H,1-4,6,17H2,(H,24,25). The molecule has 0 aromatic carbocycles. The average Bonchev–Trinajstić information content (AvgIpc) is 3.32. The molecule has 10 nitrogen and oxygen atoms in total. The molecule has 138 valence electrons. The lowest BCUT2D eigenvalue weighted by Crippen LogP contribution is -2.45. The minimum atomic E-state index is -1.14. The van der Waals surface area contributed by atoms with Gasteiger partial charge in [-0.2, -0.15) is 4.68 Å². The molecule has 2 aromatic heterocycles. The molecule has 1 atom stereocenters. The number of hydrogen-bond donors (Lipinski definition) is 3. The number of carbonyl (C=O) groups is 1. The van der Waals surface area contributed by atoms with E-state index in [1.54, 1.807) is 4.90 Å². The van der Waals surface area contributed by atoms with Gasteiger partial charge >= 0.3 is 11.8 Å². The maximum atomic E-state index is 14.6. The van der Waals surface area contributed by atoms with E-state index in [9.17, 15) is 18.8 Å². The maximum absolute atomic E-state index is 14.6. The summed E-state index contributed by atoms with van der Waals surface area (Å²) in [5, 5.41) is 11.1. The molecule has 11 heteroatoms. The summed E-state index contributed by atoms with van der Waals surface area (Å²) in [5.41, 5.74) is -1.37. The lowest BCUT2D eigenvalue weighted by atomic mass is 10.3. The summed E-state index contributed by atoms with van der Waals surface area (Å²) in [4.78, 5) is 41.2. The highest BCUT2D eigenvalue weighted by Crippen LogP contribution is 2.35. The minimum Gasteiger partial charge on any atom is -0.465 e. The van der Waals surface area contributed by atoms with Gasteiger partial charge in [0, 0.05) is 19.1 Å². The number of anilines is 1. The summed E-state index contributed by atoms with van der Waals surface area (Å²) < 4.78 is 16.4. The Morgan fingerprint density at radius 1 is 1.35 bits per heavy atom. The number of aromatic nitrogens is 3. The first-order valence-electron chi connectivity index (χ1n) is 8.24. The van der Waals surface area contributed by atoms with Gasteiger partial charge in [-0.25, -0.2) is 19.0 Å². The highest BCUT2D eigenvalue weighted by Gasteiger charge is 2.31. The van der Waals surface area contributed by atoms with Gasteiger partial charge in [0.1, 0.15) is 0 Å². The van der Waals surface area contributed by atoms with Crippen LogP contribution in [0.15, 0.2) is 15.7 Å². The SMILES string of the molecule is Nn1c(=O)c2cc(F)c(N3CCC(NC(=O)O)C3)nc2n(C2CC2)c1=O. The zero-order valence-corrected chi connectivity index (χ0v) is 13.7. The number of carboxylic acid groups (broad SMARTS) is 1. The molecule has 1 unspecified atom stereocenters. The van der Waals surface area contributed by atoms with Crippen molar-refractivity contribution in [3.63, 3.8) is 0 Å². The smallest absolute Gasteiger partial charge is 0.404 e. The lowest BCUT2D eigenvalue weighted by Gasteiger charge is -2.19. The Morgan fingerprint density at radius 2 is 2.08 bits per heavy atom. The largest absolute Gasteiger partial charge is 0.465 e. The second kappa shape index (κ2) is 5.71. The van der Waals surface area contributed by atoms with Crippen molar-refractivity contribution in [1.82, 2.24) is 19.5 Å². The van der Waals surface area contributed by atoms with Crippen LogP contribution in [-0.4, -0.2) is 44.6 Å². The molecule has 1 aliphatic carbocycles. The number of fused-ring (bicyclic) bond motifs is 1. The van der Waals surface area contributed by atoms with Crippen molar-refractivity contribution >= 4 is 22.9 Å². The number of halogens is 1. The molecule has 2 aromatic rings. The van der Waals surface area contributed by atoms with Crippen molar-refractivity contribution in [2.24, 2.45) is 0 Å². The third kappa shape index (κ3) is 2.55. The molecule has 1 saturated heterocycles. The van der Waals surface area contributed by atoms with Crippen molar-refractivity contribution in [2.45, 2.75) is 31.3 Å². The number of hydrogen-bond acceptors (Lipinski definition) is 6. The zero-order valence-electron chi connectivity index (χ0n) is 13.7.